The van der Waals surface area contributed by atoms with E-state index in [1.165, 1.54) is 0 Å². The number of rotatable bonds is 4. The van der Waals surface area contributed by atoms with E-state index in [1.54, 1.807) is 12.3 Å². The van der Waals surface area contributed by atoms with Crippen LogP contribution in [0.3, 0.4) is 0 Å². The Hall–Kier alpha value is -1.55. The number of nitrogens with zero attached hydrogens (tertiary/aromatic N) is 1. The molecule has 1 saturated heterocycles. The fraction of sp³-hybridized carbons (Fsp3) is 0.611. The van der Waals surface area contributed by atoms with E-state index < -0.39 is 0 Å². The molecule has 0 aliphatic carbocycles. The Morgan fingerprint density at radius 1 is 1.27 bits per heavy atom. The van der Waals surface area contributed by atoms with E-state index in [0.717, 1.165) is 18.4 Å². The molecule has 1 aliphatic rings. The summed E-state index contributed by atoms with van der Waals surface area (Å²) in [5.41, 5.74) is 1.11. The molecule has 1 aliphatic heterocycles. The highest BCUT2D eigenvalue weighted by molar-refractivity contribution is 5.84. The number of hydrogen-bond acceptors (Lipinski definition) is 3. The molecule has 122 valence electrons. The van der Waals surface area contributed by atoms with Crippen molar-refractivity contribution in [1.82, 2.24) is 0 Å². The van der Waals surface area contributed by atoms with Gasteiger partial charge in [-0.3, -0.25) is 4.99 Å². The molecule has 0 spiro atoms. The van der Waals surface area contributed by atoms with Crippen LogP contribution in [0.5, 0.6) is 11.5 Å². The van der Waals surface area contributed by atoms with Gasteiger partial charge < -0.3 is 15.2 Å². The smallest absolute Gasteiger partial charge is 0.166 e. The zero-order chi connectivity index (χ0) is 16.4. The Morgan fingerprint density at radius 3 is 2.50 bits per heavy atom. The molecule has 0 bridgehead atoms. The minimum Gasteiger partial charge on any atom is -0.504 e. The number of para-hydroxylation sites is 1. The van der Waals surface area contributed by atoms with Crippen molar-refractivity contribution in [1.29, 1.82) is 0 Å². The maximum atomic E-state index is 10.2. The summed E-state index contributed by atoms with van der Waals surface area (Å²) in [5, 5.41) is 12.7. The molecular formula is C18H29N2O2+. The quantitative estimate of drug-likeness (QED) is 0.840. The lowest BCUT2D eigenvalue weighted by molar-refractivity contribution is -0.787. The fourth-order valence-corrected chi connectivity index (χ4v) is 3.67. The van der Waals surface area contributed by atoms with Gasteiger partial charge in [0.25, 0.3) is 0 Å². The van der Waals surface area contributed by atoms with Gasteiger partial charge in [-0.2, -0.15) is 0 Å². The molecule has 0 unspecified atom stereocenters. The number of benzene rings is 1. The van der Waals surface area contributed by atoms with Gasteiger partial charge in [-0.15, -0.1) is 0 Å². The number of hydrogen-bond donors (Lipinski definition) is 2. The number of phenols is 1. The molecule has 1 fully saturated rings. The number of nitrogens with two attached hydrogens (primary N) is 1. The maximum Gasteiger partial charge on any atom is 0.166 e. The summed E-state index contributed by atoms with van der Waals surface area (Å²) in [5.74, 6) is 0.693. The molecule has 1 heterocycles. The van der Waals surface area contributed by atoms with E-state index >= 15 is 0 Å². The Morgan fingerprint density at radius 2 is 1.91 bits per heavy atom. The minimum absolute atomic E-state index is 0.175. The van der Waals surface area contributed by atoms with E-state index in [9.17, 15) is 5.11 Å². The highest BCUT2D eigenvalue weighted by Gasteiger charge is 2.41. The second kappa shape index (κ2) is 6.29. The molecule has 1 aromatic rings. The monoisotopic (exact) mass is 305 g/mol. The molecule has 0 amide bonds. The van der Waals surface area contributed by atoms with E-state index in [4.69, 9.17) is 9.73 Å². The third kappa shape index (κ3) is 4.23. The van der Waals surface area contributed by atoms with Gasteiger partial charge in [0.1, 0.15) is 0 Å². The van der Waals surface area contributed by atoms with Crippen molar-refractivity contribution in [2.45, 2.75) is 64.6 Å². The molecule has 4 heteroatoms. The van der Waals surface area contributed by atoms with Crippen molar-refractivity contribution in [2.75, 3.05) is 6.61 Å². The molecule has 1 aromatic carbocycles. The van der Waals surface area contributed by atoms with Gasteiger partial charge in [-0.05, 0) is 46.8 Å². The van der Waals surface area contributed by atoms with Gasteiger partial charge >= 0.3 is 0 Å². The van der Waals surface area contributed by atoms with E-state index in [0.29, 0.717) is 12.4 Å². The number of aliphatic imine (C=N–C) groups is 1. The Labute approximate surface area is 133 Å². The minimum atomic E-state index is 0.175. The standard InChI is InChI=1S/C18H28N2O2/c1-6-22-15-9-7-8-13(16(15)21)12-19-14-10-17(2,3)20-18(4,5)11-14/h7-9,12,14,20-21H,6,10-11H2,1-5H3/p+1. The third-order valence-corrected chi connectivity index (χ3v) is 4.06. The zero-order valence-electron chi connectivity index (χ0n) is 14.4. The van der Waals surface area contributed by atoms with Crippen LogP contribution in [-0.2, 0) is 0 Å². The van der Waals surface area contributed by atoms with Crippen molar-refractivity contribution in [3.63, 3.8) is 0 Å². The average Bonchev–Trinajstić information content (AvgIpc) is 2.36. The second-order valence-electron chi connectivity index (χ2n) is 7.59. The predicted molar refractivity (Wildman–Crippen MR) is 90.0 cm³/mol. The van der Waals surface area contributed by atoms with Crippen molar-refractivity contribution in [3.8, 4) is 11.5 Å². The van der Waals surface area contributed by atoms with E-state index in [-0.39, 0.29) is 22.9 Å². The highest BCUT2D eigenvalue weighted by Crippen LogP contribution is 2.29. The Bertz CT molecular complexity index is 534. The van der Waals surface area contributed by atoms with Gasteiger partial charge in [0.15, 0.2) is 11.5 Å². The summed E-state index contributed by atoms with van der Waals surface area (Å²) >= 11 is 0. The second-order valence-corrected chi connectivity index (χ2v) is 7.59. The normalized spacial score (nSPS) is 21.1. The maximum absolute atomic E-state index is 10.2. The van der Waals surface area contributed by atoms with Gasteiger partial charge in [0, 0.05) is 24.6 Å². The summed E-state index contributed by atoms with van der Waals surface area (Å²) in [6.07, 6.45) is 3.87. The first-order valence-electron chi connectivity index (χ1n) is 8.07. The van der Waals surface area contributed by atoms with Crippen molar-refractivity contribution >= 4 is 6.21 Å². The van der Waals surface area contributed by atoms with Crippen LogP contribution in [0.2, 0.25) is 0 Å². The van der Waals surface area contributed by atoms with Gasteiger partial charge in [-0.1, -0.05) is 6.07 Å². The molecule has 0 saturated carbocycles. The summed E-state index contributed by atoms with van der Waals surface area (Å²) in [6.45, 7) is 11.5. The van der Waals surface area contributed by atoms with Crippen LogP contribution >= 0.6 is 0 Å². The van der Waals surface area contributed by atoms with Crippen molar-refractivity contribution in [3.05, 3.63) is 23.8 Å². The number of aromatic hydroxyl groups is 1. The average molecular weight is 305 g/mol. The molecule has 2 rings (SSSR count). The topological polar surface area (TPSA) is 58.4 Å². The molecule has 0 radical (unpaired) electrons. The first-order valence-corrected chi connectivity index (χ1v) is 8.07. The molecule has 0 aromatic heterocycles. The fourth-order valence-electron chi connectivity index (χ4n) is 3.67. The van der Waals surface area contributed by atoms with Crippen LogP contribution in [0, 0.1) is 0 Å². The first kappa shape index (κ1) is 16.8. The zero-order valence-corrected chi connectivity index (χ0v) is 14.4. The van der Waals surface area contributed by atoms with Crippen molar-refractivity contribution in [2.24, 2.45) is 4.99 Å². The SMILES string of the molecule is CCOc1cccc(C=NC2CC(C)(C)[NH2+]C(C)(C)C2)c1O. The molecular weight excluding hydrogens is 276 g/mol. The highest BCUT2D eigenvalue weighted by atomic mass is 16.5. The van der Waals surface area contributed by atoms with Crippen LogP contribution in [-0.4, -0.2) is 35.0 Å². The molecule has 0 atom stereocenters. The van der Waals surface area contributed by atoms with Crippen molar-refractivity contribution < 1.29 is 15.2 Å². The Kier molecular flexibility index (Phi) is 4.81. The number of quaternary nitrogens is 1. The summed E-state index contributed by atoms with van der Waals surface area (Å²) in [6, 6.07) is 5.81. The summed E-state index contributed by atoms with van der Waals surface area (Å²) < 4.78 is 5.42. The summed E-state index contributed by atoms with van der Waals surface area (Å²) in [4.78, 5) is 4.75. The lowest BCUT2D eigenvalue weighted by Gasteiger charge is -2.41. The van der Waals surface area contributed by atoms with Gasteiger partial charge in [0.2, 0.25) is 0 Å². The van der Waals surface area contributed by atoms with Crippen LogP contribution < -0.4 is 10.1 Å². The van der Waals surface area contributed by atoms with Crippen LogP contribution in [0.4, 0.5) is 0 Å². The molecule has 4 nitrogen and oxygen atoms in total. The number of ether oxygens (including phenoxy) is 1. The van der Waals surface area contributed by atoms with E-state index in [1.807, 2.05) is 19.1 Å². The van der Waals surface area contributed by atoms with Crippen LogP contribution in [0.1, 0.15) is 53.0 Å². The number of phenolic OH excluding ortho intramolecular Hbond substituents is 1. The number of piperidine rings is 1. The van der Waals surface area contributed by atoms with Crippen LogP contribution in [0.15, 0.2) is 23.2 Å². The molecule has 22 heavy (non-hydrogen) atoms. The van der Waals surface area contributed by atoms with Crippen LogP contribution in [0.25, 0.3) is 0 Å². The Balaban J connectivity index is 2.16. The van der Waals surface area contributed by atoms with Gasteiger partial charge in [-0.25, -0.2) is 0 Å². The predicted octanol–water partition coefficient (Wildman–Crippen LogP) is 2.49. The lowest BCUT2D eigenvalue weighted by atomic mass is 9.80. The summed E-state index contributed by atoms with van der Waals surface area (Å²) in [7, 11) is 0. The lowest BCUT2D eigenvalue weighted by Crippen LogP contribution is -3.05. The first-order chi connectivity index (χ1) is 10.2. The van der Waals surface area contributed by atoms with E-state index in [2.05, 4.69) is 33.0 Å². The molecule has 3 N–H and O–H groups in total. The third-order valence-electron chi connectivity index (χ3n) is 4.06. The largest absolute Gasteiger partial charge is 0.504 e. The van der Waals surface area contributed by atoms with Gasteiger partial charge in [0.05, 0.1) is 23.7 Å².